The molecule has 74 valence electrons. The van der Waals surface area contributed by atoms with Crippen molar-refractivity contribution < 1.29 is 19.8 Å². The molecule has 0 aliphatic carbocycles. The summed E-state index contributed by atoms with van der Waals surface area (Å²) in [5.74, 6) is -2.20. The maximum absolute atomic E-state index is 9.99. The molecule has 0 radical (unpaired) electrons. The van der Waals surface area contributed by atoms with E-state index in [-0.39, 0.29) is 37.7 Å². The van der Waals surface area contributed by atoms with E-state index in [1.165, 1.54) is 0 Å². The Morgan fingerprint density at radius 2 is 1.67 bits per heavy atom. The monoisotopic (exact) mass is 219 g/mol. The highest BCUT2D eigenvalue weighted by molar-refractivity contribution is 5.85. The molecule has 0 rings (SSSR count). The van der Waals surface area contributed by atoms with Crippen molar-refractivity contribution in [1.29, 1.82) is 0 Å². The van der Waals surface area contributed by atoms with Crippen molar-refractivity contribution >= 4 is 36.8 Å². The van der Waals surface area contributed by atoms with Crippen LogP contribution in [0, 0.1) is 0 Å². The molecule has 0 aromatic heterocycles. The van der Waals surface area contributed by atoms with E-state index in [0.29, 0.717) is 0 Å². The minimum atomic E-state index is -1.17. The first-order chi connectivity index (χ1) is 4.54. The summed E-state index contributed by atoms with van der Waals surface area (Å²) in [5.41, 5.74) is 5.00. The minimum Gasteiger partial charge on any atom is -0.481 e. The lowest BCUT2D eigenvalue weighted by Gasteiger charge is -2.01. The van der Waals surface area contributed by atoms with Crippen LogP contribution in [0.1, 0.15) is 12.8 Å². The zero-order valence-electron chi connectivity index (χ0n) is 6.10. The Hall–Kier alpha value is -0.520. The van der Waals surface area contributed by atoms with E-state index in [9.17, 15) is 9.59 Å². The lowest BCUT2D eigenvalue weighted by atomic mass is 10.2. The van der Waals surface area contributed by atoms with Gasteiger partial charge in [-0.05, 0) is 6.42 Å². The highest BCUT2D eigenvalue weighted by Gasteiger charge is 2.12. The van der Waals surface area contributed by atoms with Crippen LogP contribution < -0.4 is 5.73 Å². The molecule has 0 bridgehead atoms. The van der Waals surface area contributed by atoms with Gasteiger partial charge in [0.15, 0.2) is 0 Å². The number of aliphatic carboxylic acids is 2. The minimum absolute atomic E-state index is 0. The van der Waals surface area contributed by atoms with Crippen LogP contribution in [0.5, 0.6) is 0 Å². The largest absolute Gasteiger partial charge is 0.481 e. The van der Waals surface area contributed by atoms with Crippen molar-refractivity contribution in [3.63, 3.8) is 0 Å². The summed E-state index contributed by atoms with van der Waals surface area (Å²) >= 11 is 0. The van der Waals surface area contributed by atoms with Crippen LogP contribution in [0.3, 0.4) is 0 Å². The molecule has 0 aliphatic heterocycles. The zero-order valence-corrected chi connectivity index (χ0v) is 7.73. The summed E-state index contributed by atoms with van der Waals surface area (Å²) < 4.78 is 0. The van der Waals surface area contributed by atoms with Crippen molar-refractivity contribution in [3.05, 3.63) is 0 Å². The number of halogens is 2. The van der Waals surface area contributed by atoms with Crippen LogP contribution in [0.2, 0.25) is 0 Å². The van der Waals surface area contributed by atoms with E-state index in [1.807, 2.05) is 0 Å². The zero-order chi connectivity index (χ0) is 8.15. The average Bonchev–Trinajstić information content (AvgIpc) is 1.82. The highest BCUT2D eigenvalue weighted by Crippen LogP contribution is 1.93. The lowest BCUT2D eigenvalue weighted by Crippen LogP contribution is -2.30. The molecule has 0 amide bonds. The van der Waals surface area contributed by atoms with Crippen LogP contribution in [0.15, 0.2) is 0 Å². The fourth-order valence-corrected chi connectivity index (χ4v) is 0.402. The number of nitrogens with two attached hydrogens (primary N) is 1. The summed E-state index contributed by atoms with van der Waals surface area (Å²) in [6.45, 7) is 0. The third kappa shape index (κ3) is 9.48. The lowest BCUT2D eigenvalue weighted by molar-refractivity contribution is -0.139. The van der Waals surface area contributed by atoms with Gasteiger partial charge in [-0.3, -0.25) is 9.59 Å². The van der Waals surface area contributed by atoms with Gasteiger partial charge in [0.2, 0.25) is 0 Å². The molecule has 7 heteroatoms. The van der Waals surface area contributed by atoms with Gasteiger partial charge in [0.05, 0.1) is 0 Å². The fourth-order valence-electron chi connectivity index (χ4n) is 0.402. The maximum Gasteiger partial charge on any atom is 0.320 e. The Bertz CT molecular complexity index is 152. The average molecular weight is 220 g/mol. The Balaban J connectivity index is -0.000000405. The third-order valence-electron chi connectivity index (χ3n) is 0.986. The van der Waals surface area contributed by atoms with E-state index in [4.69, 9.17) is 15.9 Å². The number of hydrogen-bond donors (Lipinski definition) is 3. The molecular weight excluding hydrogens is 209 g/mol. The van der Waals surface area contributed by atoms with Crippen molar-refractivity contribution in [1.82, 2.24) is 0 Å². The molecule has 0 aromatic rings. The number of hydrogen-bond acceptors (Lipinski definition) is 3. The number of carbonyl (C=O) groups is 2. The predicted molar refractivity (Wildman–Crippen MR) is 47.0 cm³/mol. The molecule has 1 atom stereocenters. The van der Waals surface area contributed by atoms with E-state index in [2.05, 4.69) is 0 Å². The molecule has 1 unspecified atom stereocenters. The quantitative estimate of drug-likeness (QED) is 0.624. The van der Waals surface area contributed by atoms with Gasteiger partial charge in [-0.15, -0.1) is 24.8 Å². The van der Waals surface area contributed by atoms with Crippen molar-refractivity contribution in [3.8, 4) is 0 Å². The van der Waals surface area contributed by atoms with Gasteiger partial charge >= 0.3 is 11.9 Å². The molecule has 0 aliphatic rings. The van der Waals surface area contributed by atoms with Crippen LogP contribution in [0.4, 0.5) is 0 Å². The standard InChI is InChI=1S/C5H9NO4.2ClH/c6-3(5(9)10)1-2-4(7)8;;/h3H,1-2,6H2,(H,7,8)(H,9,10);2*1H. The first-order valence-corrected chi connectivity index (χ1v) is 2.74. The highest BCUT2D eigenvalue weighted by atomic mass is 35.5. The van der Waals surface area contributed by atoms with Crippen LogP contribution in [-0.2, 0) is 9.59 Å². The van der Waals surface area contributed by atoms with Crippen LogP contribution in [0.25, 0.3) is 0 Å². The second kappa shape index (κ2) is 8.58. The van der Waals surface area contributed by atoms with E-state index < -0.39 is 18.0 Å². The Morgan fingerprint density at radius 3 is 1.92 bits per heavy atom. The summed E-state index contributed by atoms with van der Waals surface area (Å²) in [5, 5.41) is 16.3. The molecule has 0 spiro atoms. The molecular formula is C5H11Cl2NO4. The molecule has 12 heavy (non-hydrogen) atoms. The molecule has 0 saturated heterocycles. The predicted octanol–water partition coefficient (Wildman–Crippen LogP) is 0.107. The fraction of sp³-hybridized carbons (Fsp3) is 0.600. The molecule has 0 saturated carbocycles. The van der Waals surface area contributed by atoms with Crippen molar-refractivity contribution in [2.24, 2.45) is 5.73 Å². The van der Waals surface area contributed by atoms with E-state index in [1.54, 1.807) is 0 Å². The van der Waals surface area contributed by atoms with Gasteiger partial charge in [-0.25, -0.2) is 0 Å². The molecule has 4 N–H and O–H groups in total. The summed E-state index contributed by atoms with van der Waals surface area (Å²) in [4.78, 5) is 19.9. The second-order valence-corrected chi connectivity index (χ2v) is 1.88. The van der Waals surface area contributed by atoms with Gasteiger partial charge in [0.1, 0.15) is 6.04 Å². The maximum atomic E-state index is 9.99. The van der Waals surface area contributed by atoms with Crippen molar-refractivity contribution in [2.45, 2.75) is 18.9 Å². The first-order valence-electron chi connectivity index (χ1n) is 2.74. The van der Waals surface area contributed by atoms with E-state index in [0.717, 1.165) is 0 Å². The topological polar surface area (TPSA) is 101 Å². The molecule has 0 fully saturated rings. The van der Waals surface area contributed by atoms with Gasteiger partial charge in [0.25, 0.3) is 0 Å². The number of rotatable bonds is 4. The SMILES string of the molecule is Cl.Cl.NC(CCC(=O)O)C(=O)O. The third-order valence-corrected chi connectivity index (χ3v) is 0.986. The first kappa shape index (κ1) is 17.5. The molecule has 5 nitrogen and oxygen atoms in total. The molecule has 0 heterocycles. The Morgan fingerprint density at radius 1 is 1.25 bits per heavy atom. The van der Waals surface area contributed by atoms with Crippen LogP contribution >= 0.6 is 24.8 Å². The van der Waals surface area contributed by atoms with Gasteiger partial charge in [-0.1, -0.05) is 0 Å². The Labute approximate surface area is 81.8 Å². The van der Waals surface area contributed by atoms with Gasteiger partial charge in [-0.2, -0.15) is 0 Å². The Kier molecular flexibility index (Phi) is 12.5. The van der Waals surface area contributed by atoms with Crippen LogP contribution in [-0.4, -0.2) is 28.2 Å². The normalized spacial score (nSPS) is 10.4. The second-order valence-electron chi connectivity index (χ2n) is 1.88. The van der Waals surface area contributed by atoms with Gasteiger partial charge < -0.3 is 15.9 Å². The molecule has 0 aromatic carbocycles. The summed E-state index contributed by atoms with van der Waals surface area (Å²) in [6, 6.07) is -1.06. The number of carboxylic acids is 2. The van der Waals surface area contributed by atoms with Crippen molar-refractivity contribution in [2.75, 3.05) is 0 Å². The van der Waals surface area contributed by atoms with E-state index >= 15 is 0 Å². The summed E-state index contributed by atoms with van der Waals surface area (Å²) in [6.07, 6.45) is -0.224. The summed E-state index contributed by atoms with van der Waals surface area (Å²) in [7, 11) is 0. The van der Waals surface area contributed by atoms with Gasteiger partial charge in [0, 0.05) is 6.42 Å². The number of carboxylic acid groups (broad SMARTS) is 2. The smallest absolute Gasteiger partial charge is 0.320 e.